The Hall–Kier alpha value is -2.96. The first kappa shape index (κ1) is 21.3. The van der Waals surface area contributed by atoms with Gasteiger partial charge in [0.15, 0.2) is 5.13 Å². The minimum absolute atomic E-state index is 0.0577. The number of thiazole rings is 1. The summed E-state index contributed by atoms with van der Waals surface area (Å²) in [7, 11) is 4.03. The lowest BCUT2D eigenvalue weighted by Crippen LogP contribution is -2.37. The normalized spacial score (nSPS) is 11.4. The summed E-state index contributed by atoms with van der Waals surface area (Å²) in [6, 6.07) is 20.2. The number of carbonyl (C=O) groups is 1. The molecular formula is C25H27N3O2S. The van der Waals surface area contributed by atoms with Gasteiger partial charge in [0.25, 0.3) is 0 Å². The standard InChI is InChI=1S/C25H27N3O2S/c1-4-30-20-12-13-22-23(17-20)31-25(26-22)28(15-14-27(2)3)24(29)16-19-10-7-9-18-8-5-6-11-21(18)19/h5-13,17H,4,14-16H2,1-3H3. The van der Waals surface area contributed by atoms with Gasteiger partial charge in [-0.2, -0.15) is 0 Å². The second-order valence-corrected chi connectivity index (χ2v) is 8.73. The van der Waals surface area contributed by atoms with E-state index in [1.165, 1.54) is 11.3 Å². The summed E-state index contributed by atoms with van der Waals surface area (Å²) in [5.41, 5.74) is 1.92. The first-order valence-electron chi connectivity index (χ1n) is 10.5. The maximum absolute atomic E-state index is 13.5. The molecule has 0 bridgehead atoms. The zero-order valence-electron chi connectivity index (χ0n) is 18.2. The van der Waals surface area contributed by atoms with Gasteiger partial charge in [0, 0.05) is 13.1 Å². The summed E-state index contributed by atoms with van der Waals surface area (Å²) in [4.78, 5) is 22.1. The van der Waals surface area contributed by atoms with E-state index in [0.717, 1.165) is 44.0 Å². The van der Waals surface area contributed by atoms with Crippen LogP contribution in [-0.2, 0) is 11.2 Å². The molecule has 1 heterocycles. The van der Waals surface area contributed by atoms with Crippen molar-refractivity contribution in [1.29, 1.82) is 0 Å². The van der Waals surface area contributed by atoms with Crippen molar-refractivity contribution in [2.75, 3.05) is 38.7 Å². The summed E-state index contributed by atoms with van der Waals surface area (Å²) in [6.07, 6.45) is 0.342. The van der Waals surface area contributed by atoms with E-state index in [9.17, 15) is 4.79 Å². The van der Waals surface area contributed by atoms with Crippen molar-refractivity contribution >= 4 is 43.4 Å². The van der Waals surface area contributed by atoms with Crippen LogP contribution >= 0.6 is 11.3 Å². The molecule has 3 aromatic carbocycles. The smallest absolute Gasteiger partial charge is 0.233 e. The summed E-state index contributed by atoms with van der Waals surface area (Å²) in [5, 5.41) is 3.00. The Labute approximate surface area is 186 Å². The van der Waals surface area contributed by atoms with Gasteiger partial charge in [-0.3, -0.25) is 9.69 Å². The van der Waals surface area contributed by atoms with E-state index < -0.39 is 0 Å². The molecule has 6 heteroatoms. The van der Waals surface area contributed by atoms with Gasteiger partial charge >= 0.3 is 0 Å². The van der Waals surface area contributed by atoms with Crippen LogP contribution in [0.2, 0.25) is 0 Å². The lowest BCUT2D eigenvalue weighted by atomic mass is 10.0. The topological polar surface area (TPSA) is 45.7 Å². The fourth-order valence-electron chi connectivity index (χ4n) is 3.60. The van der Waals surface area contributed by atoms with Crippen molar-refractivity contribution in [2.24, 2.45) is 0 Å². The van der Waals surface area contributed by atoms with Crippen molar-refractivity contribution in [1.82, 2.24) is 9.88 Å². The highest BCUT2D eigenvalue weighted by Crippen LogP contribution is 2.32. The summed E-state index contributed by atoms with van der Waals surface area (Å²) in [5.74, 6) is 0.884. The van der Waals surface area contributed by atoms with Gasteiger partial charge in [-0.05, 0) is 55.6 Å². The molecule has 0 radical (unpaired) electrons. The molecule has 160 valence electrons. The summed E-state index contributed by atoms with van der Waals surface area (Å²) < 4.78 is 6.64. The number of rotatable bonds is 8. The molecule has 4 rings (SSSR count). The number of aromatic nitrogens is 1. The average molecular weight is 434 g/mol. The maximum atomic E-state index is 13.5. The number of likely N-dealkylation sites (N-methyl/N-ethyl adjacent to an activating group) is 1. The predicted molar refractivity (Wildman–Crippen MR) is 129 cm³/mol. The van der Waals surface area contributed by atoms with Crippen LogP contribution < -0.4 is 9.64 Å². The minimum atomic E-state index is 0.0577. The van der Waals surface area contributed by atoms with Gasteiger partial charge in [-0.25, -0.2) is 4.98 Å². The van der Waals surface area contributed by atoms with E-state index in [1.54, 1.807) is 0 Å². The molecule has 4 aromatic rings. The second-order valence-electron chi connectivity index (χ2n) is 7.72. The molecule has 1 aromatic heterocycles. The van der Waals surface area contributed by atoms with Crippen LogP contribution in [0.25, 0.3) is 21.0 Å². The van der Waals surface area contributed by atoms with Crippen molar-refractivity contribution < 1.29 is 9.53 Å². The molecule has 0 N–H and O–H groups in total. The van der Waals surface area contributed by atoms with E-state index in [4.69, 9.17) is 9.72 Å². The molecule has 0 aliphatic heterocycles. The molecule has 0 saturated carbocycles. The fraction of sp³-hybridized carbons (Fsp3) is 0.280. The zero-order valence-corrected chi connectivity index (χ0v) is 19.0. The molecule has 0 spiro atoms. The quantitative estimate of drug-likeness (QED) is 0.393. The molecule has 0 aliphatic carbocycles. The van der Waals surface area contributed by atoms with Crippen LogP contribution in [0.1, 0.15) is 12.5 Å². The number of anilines is 1. The third-order valence-corrected chi connectivity index (χ3v) is 6.23. The number of hydrogen-bond acceptors (Lipinski definition) is 5. The molecule has 0 fully saturated rings. The highest BCUT2D eigenvalue weighted by atomic mass is 32.1. The number of benzene rings is 3. The van der Waals surface area contributed by atoms with E-state index >= 15 is 0 Å². The maximum Gasteiger partial charge on any atom is 0.233 e. The first-order chi connectivity index (χ1) is 15.0. The number of nitrogens with zero attached hydrogens (tertiary/aromatic N) is 3. The van der Waals surface area contributed by atoms with Crippen molar-refractivity contribution in [3.8, 4) is 5.75 Å². The van der Waals surface area contributed by atoms with Crippen molar-refractivity contribution in [2.45, 2.75) is 13.3 Å². The lowest BCUT2D eigenvalue weighted by Gasteiger charge is -2.22. The lowest BCUT2D eigenvalue weighted by molar-refractivity contribution is -0.118. The van der Waals surface area contributed by atoms with Crippen LogP contribution in [0.4, 0.5) is 5.13 Å². The van der Waals surface area contributed by atoms with Crippen LogP contribution in [0, 0.1) is 0 Å². The van der Waals surface area contributed by atoms with Gasteiger partial charge in [-0.15, -0.1) is 0 Å². The third-order valence-electron chi connectivity index (χ3n) is 5.18. The number of fused-ring (bicyclic) bond motifs is 2. The Morgan fingerprint density at radius 1 is 1.03 bits per heavy atom. The molecule has 5 nitrogen and oxygen atoms in total. The van der Waals surface area contributed by atoms with Crippen LogP contribution in [0.15, 0.2) is 60.7 Å². The zero-order chi connectivity index (χ0) is 21.8. The number of carbonyl (C=O) groups excluding carboxylic acids is 1. The van der Waals surface area contributed by atoms with Gasteiger partial charge < -0.3 is 9.64 Å². The van der Waals surface area contributed by atoms with Gasteiger partial charge in [0.1, 0.15) is 5.75 Å². The Kier molecular flexibility index (Phi) is 6.49. The van der Waals surface area contributed by atoms with E-state index in [-0.39, 0.29) is 5.91 Å². The molecule has 0 saturated heterocycles. The monoisotopic (exact) mass is 433 g/mol. The van der Waals surface area contributed by atoms with E-state index in [2.05, 4.69) is 23.1 Å². The summed E-state index contributed by atoms with van der Waals surface area (Å²) in [6.45, 7) is 3.95. The molecule has 31 heavy (non-hydrogen) atoms. The number of hydrogen-bond donors (Lipinski definition) is 0. The molecule has 0 aliphatic rings. The first-order valence-corrected chi connectivity index (χ1v) is 11.3. The second kappa shape index (κ2) is 9.45. The highest BCUT2D eigenvalue weighted by Gasteiger charge is 2.21. The molecular weight excluding hydrogens is 406 g/mol. The number of amides is 1. The van der Waals surface area contributed by atoms with Crippen LogP contribution in [0.5, 0.6) is 5.75 Å². The van der Waals surface area contributed by atoms with Crippen molar-refractivity contribution in [3.05, 3.63) is 66.2 Å². The fourth-order valence-corrected chi connectivity index (χ4v) is 4.63. The van der Waals surface area contributed by atoms with E-state index in [1.807, 2.05) is 68.4 Å². The van der Waals surface area contributed by atoms with Crippen LogP contribution in [-0.4, -0.2) is 49.6 Å². The van der Waals surface area contributed by atoms with Crippen molar-refractivity contribution in [3.63, 3.8) is 0 Å². The Bertz CT molecular complexity index is 1200. The highest BCUT2D eigenvalue weighted by molar-refractivity contribution is 7.22. The molecule has 0 atom stereocenters. The summed E-state index contributed by atoms with van der Waals surface area (Å²) >= 11 is 1.54. The van der Waals surface area contributed by atoms with E-state index in [0.29, 0.717) is 19.6 Å². The minimum Gasteiger partial charge on any atom is -0.494 e. The van der Waals surface area contributed by atoms with Gasteiger partial charge in [-0.1, -0.05) is 53.8 Å². The van der Waals surface area contributed by atoms with Gasteiger partial charge in [0.05, 0.1) is 23.2 Å². The van der Waals surface area contributed by atoms with Crippen LogP contribution in [0.3, 0.4) is 0 Å². The average Bonchev–Trinajstić information content (AvgIpc) is 3.17. The largest absolute Gasteiger partial charge is 0.494 e. The number of ether oxygens (including phenoxy) is 1. The molecule has 0 unspecified atom stereocenters. The molecule has 1 amide bonds. The van der Waals surface area contributed by atoms with Gasteiger partial charge in [0.2, 0.25) is 5.91 Å². The third kappa shape index (κ3) is 4.86. The Balaban J connectivity index is 1.65. The SMILES string of the molecule is CCOc1ccc2nc(N(CCN(C)C)C(=O)Cc3cccc4ccccc34)sc2c1. The Morgan fingerprint density at radius 2 is 1.84 bits per heavy atom. The predicted octanol–water partition coefficient (Wildman–Crippen LogP) is 4.99. The Morgan fingerprint density at radius 3 is 2.65 bits per heavy atom.